The molecule has 3 heteroatoms. The molecule has 3 unspecified atom stereocenters. The average molecular weight is 824 g/mol. The van der Waals surface area contributed by atoms with Gasteiger partial charge in [0.1, 0.15) is 0 Å². The van der Waals surface area contributed by atoms with Gasteiger partial charge in [0.25, 0.3) is 0 Å². The topological polar surface area (TPSA) is 21.7 Å². The van der Waals surface area contributed by atoms with Crippen LogP contribution in [0.1, 0.15) is 41.5 Å². The van der Waals surface area contributed by atoms with Crippen LogP contribution in [0.3, 0.4) is 0 Å². The molecule has 306 valence electrons. The van der Waals surface area contributed by atoms with Gasteiger partial charge in [-0.1, -0.05) is 182 Å². The standard InChI is InChI=1S/C61H45NO2/c1-3-14-40(15-4-1)42-26-28-43(29-27-42)45-32-36-47(37-33-45)62(46-34-30-44(31-35-46)41-16-5-2-6-17-41)56-24-13-25-57-60(56)64-59-39-55-51(38-58(59)63-57)50-20-9-12-23-54(50)61(55)52-21-10-7-18-48(52)49-19-8-11-22-53(49)61/h1-5,7-16,18-34,36-39,46,57,60H,6,17,35H2. The van der Waals surface area contributed by atoms with Gasteiger partial charge in [0.2, 0.25) is 0 Å². The highest BCUT2D eigenvalue weighted by molar-refractivity contribution is 5.95. The maximum absolute atomic E-state index is 7.36. The summed E-state index contributed by atoms with van der Waals surface area (Å²) in [4.78, 5) is 2.49. The maximum atomic E-state index is 7.36. The normalized spacial score (nSPS) is 20.0. The average Bonchev–Trinajstić information content (AvgIpc) is 3.83. The number of ether oxygens (including phenoxy) is 2. The Bertz CT molecular complexity index is 3150. The van der Waals surface area contributed by atoms with E-state index >= 15 is 0 Å². The van der Waals surface area contributed by atoms with Crippen molar-refractivity contribution in [1.29, 1.82) is 0 Å². The van der Waals surface area contributed by atoms with Gasteiger partial charge in [-0.25, -0.2) is 0 Å². The number of benzene rings is 7. The van der Waals surface area contributed by atoms with Crippen LogP contribution in [0.2, 0.25) is 0 Å². The third-order valence-corrected chi connectivity index (χ3v) is 14.3. The van der Waals surface area contributed by atoms with Crippen LogP contribution in [0.25, 0.3) is 44.5 Å². The van der Waals surface area contributed by atoms with Gasteiger partial charge >= 0.3 is 0 Å². The predicted molar refractivity (Wildman–Crippen MR) is 261 cm³/mol. The van der Waals surface area contributed by atoms with E-state index in [0.717, 1.165) is 42.1 Å². The third kappa shape index (κ3) is 5.67. The lowest BCUT2D eigenvalue weighted by molar-refractivity contribution is 0.0662. The molecule has 7 aromatic rings. The number of rotatable bonds is 6. The molecule has 5 aliphatic carbocycles. The van der Waals surface area contributed by atoms with Crippen molar-refractivity contribution in [2.24, 2.45) is 0 Å². The smallest absolute Gasteiger partial charge is 0.179 e. The van der Waals surface area contributed by atoms with E-state index in [1.165, 1.54) is 77.9 Å². The first-order chi connectivity index (χ1) is 31.7. The molecule has 0 amide bonds. The van der Waals surface area contributed by atoms with Crippen molar-refractivity contribution in [2.45, 2.75) is 42.9 Å². The minimum absolute atomic E-state index is 0.0761. The molecular formula is C61H45NO2. The first kappa shape index (κ1) is 37.0. The van der Waals surface area contributed by atoms with E-state index in [4.69, 9.17) is 9.47 Å². The second-order valence-electron chi connectivity index (χ2n) is 17.7. The van der Waals surface area contributed by atoms with E-state index in [0.29, 0.717) is 0 Å². The molecule has 6 aliphatic rings. The van der Waals surface area contributed by atoms with Crippen LogP contribution >= 0.6 is 0 Å². The van der Waals surface area contributed by atoms with E-state index in [9.17, 15) is 0 Å². The third-order valence-electron chi connectivity index (χ3n) is 14.3. The molecule has 0 radical (unpaired) electrons. The Labute approximate surface area is 375 Å². The number of hydrogen-bond acceptors (Lipinski definition) is 3. The fourth-order valence-corrected chi connectivity index (χ4v) is 11.4. The largest absolute Gasteiger partial charge is 0.478 e. The summed E-state index contributed by atoms with van der Waals surface area (Å²) < 4.78 is 14.4. The number of fused-ring (bicyclic) bond motifs is 12. The Morgan fingerprint density at radius 3 is 1.73 bits per heavy atom. The predicted octanol–water partition coefficient (Wildman–Crippen LogP) is 14.4. The fourth-order valence-electron chi connectivity index (χ4n) is 11.4. The van der Waals surface area contributed by atoms with Gasteiger partial charge in [-0.15, -0.1) is 0 Å². The number of allylic oxidation sites excluding steroid dienone is 8. The molecule has 0 N–H and O–H groups in total. The molecule has 64 heavy (non-hydrogen) atoms. The van der Waals surface area contributed by atoms with Gasteiger partial charge in [0.05, 0.1) is 17.2 Å². The minimum atomic E-state index is -0.463. The van der Waals surface area contributed by atoms with Crippen molar-refractivity contribution in [3.8, 4) is 56.0 Å². The quantitative estimate of drug-likeness (QED) is 0.167. The summed E-state index contributed by atoms with van der Waals surface area (Å²) in [6.45, 7) is 0. The van der Waals surface area contributed by atoms with Crippen molar-refractivity contribution in [3.05, 3.63) is 258 Å². The number of hydrogen-bond donors (Lipinski definition) is 0. The molecule has 0 bridgehead atoms. The Morgan fingerprint density at radius 2 is 1.11 bits per heavy atom. The zero-order valence-electron chi connectivity index (χ0n) is 35.4. The summed E-state index contributed by atoms with van der Waals surface area (Å²) >= 11 is 0. The second-order valence-corrected chi connectivity index (χ2v) is 17.7. The zero-order chi connectivity index (χ0) is 42.2. The zero-order valence-corrected chi connectivity index (χ0v) is 35.4. The fraction of sp³-hybridized carbons (Fsp3) is 0.115. The Balaban J connectivity index is 0.888. The van der Waals surface area contributed by atoms with Crippen LogP contribution in [0.5, 0.6) is 11.5 Å². The van der Waals surface area contributed by atoms with Gasteiger partial charge in [-0.2, -0.15) is 0 Å². The molecule has 3 nitrogen and oxygen atoms in total. The van der Waals surface area contributed by atoms with E-state index in [-0.39, 0.29) is 18.2 Å². The summed E-state index contributed by atoms with van der Waals surface area (Å²) in [7, 11) is 0. The van der Waals surface area contributed by atoms with Crippen LogP contribution in [-0.2, 0) is 5.41 Å². The molecule has 0 aromatic heterocycles. The minimum Gasteiger partial charge on any atom is -0.478 e. The molecular weight excluding hydrogens is 779 g/mol. The van der Waals surface area contributed by atoms with E-state index in [1.54, 1.807) is 0 Å². The Kier molecular flexibility index (Phi) is 8.52. The van der Waals surface area contributed by atoms with E-state index < -0.39 is 5.41 Å². The molecule has 7 aromatic carbocycles. The molecule has 0 fully saturated rings. The van der Waals surface area contributed by atoms with E-state index in [1.807, 2.05) is 0 Å². The summed E-state index contributed by atoms with van der Waals surface area (Å²) in [5.41, 5.74) is 19.5. The van der Waals surface area contributed by atoms with Gasteiger partial charge in [-0.05, 0) is 134 Å². The van der Waals surface area contributed by atoms with Crippen molar-refractivity contribution in [3.63, 3.8) is 0 Å². The summed E-state index contributed by atoms with van der Waals surface area (Å²) in [6.07, 6.45) is 22.8. The lowest BCUT2D eigenvalue weighted by Crippen LogP contribution is -2.48. The van der Waals surface area contributed by atoms with Crippen LogP contribution in [0.4, 0.5) is 5.69 Å². The maximum Gasteiger partial charge on any atom is 0.179 e. The lowest BCUT2D eigenvalue weighted by atomic mass is 9.70. The molecule has 1 aliphatic heterocycles. The number of anilines is 1. The SMILES string of the molecule is C1=CCCC(C2=CCC(N(C3=CC=CC4Oc5cc6c(cc5OC34)C3(c4ccccc4-c4ccccc43)c3ccccc3-6)c3ccc(-c4ccc(-c5ccccc5)cc4)cc3)C=C2)=C1. The van der Waals surface area contributed by atoms with Crippen LogP contribution in [0.15, 0.2) is 235 Å². The molecule has 13 rings (SSSR count). The van der Waals surface area contributed by atoms with Crippen molar-refractivity contribution in [2.75, 3.05) is 4.90 Å². The van der Waals surface area contributed by atoms with Gasteiger partial charge in [-0.3, -0.25) is 0 Å². The van der Waals surface area contributed by atoms with Crippen LogP contribution in [-0.4, -0.2) is 18.2 Å². The van der Waals surface area contributed by atoms with Crippen molar-refractivity contribution in [1.82, 2.24) is 0 Å². The van der Waals surface area contributed by atoms with Crippen molar-refractivity contribution < 1.29 is 9.47 Å². The van der Waals surface area contributed by atoms with Gasteiger partial charge in [0.15, 0.2) is 23.7 Å². The molecule has 0 saturated heterocycles. The van der Waals surface area contributed by atoms with Crippen molar-refractivity contribution >= 4 is 5.69 Å². The highest BCUT2D eigenvalue weighted by Gasteiger charge is 2.52. The Hall–Kier alpha value is -7.62. The second kappa shape index (κ2) is 14.7. The first-order valence-corrected chi connectivity index (χ1v) is 22.7. The summed E-state index contributed by atoms with van der Waals surface area (Å²) in [6, 6.07) is 60.0. The van der Waals surface area contributed by atoms with Crippen LogP contribution in [0, 0.1) is 0 Å². The van der Waals surface area contributed by atoms with Crippen LogP contribution < -0.4 is 14.4 Å². The highest BCUT2D eigenvalue weighted by Crippen LogP contribution is 2.64. The number of nitrogens with zero attached hydrogens (tertiary/aromatic N) is 1. The monoisotopic (exact) mass is 823 g/mol. The lowest BCUT2D eigenvalue weighted by Gasteiger charge is -2.43. The molecule has 1 heterocycles. The highest BCUT2D eigenvalue weighted by atomic mass is 16.6. The molecule has 0 saturated carbocycles. The summed E-state index contributed by atoms with van der Waals surface area (Å²) in [5, 5.41) is 0. The van der Waals surface area contributed by atoms with Gasteiger partial charge in [0, 0.05) is 5.69 Å². The molecule has 3 atom stereocenters. The van der Waals surface area contributed by atoms with E-state index in [2.05, 4.69) is 223 Å². The molecule has 1 spiro atoms. The Morgan fingerprint density at radius 1 is 0.516 bits per heavy atom. The summed E-state index contributed by atoms with van der Waals surface area (Å²) in [5.74, 6) is 1.56. The van der Waals surface area contributed by atoms with Gasteiger partial charge < -0.3 is 14.4 Å². The first-order valence-electron chi connectivity index (χ1n) is 22.7.